The molecular formula is C71H130N2O7P+. The van der Waals surface area contributed by atoms with Gasteiger partial charge in [0.25, 0.3) is 0 Å². The molecule has 0 aliphatic heterocycles. The van der Waals surface area contributed by atoms with E-state index in [-0.39, 0.29) is 31.5 Å². The van der Waals surface area contributed by atoms with Crippen molar-refractivity contribution in [3.05, 3.63) is 85.1 Å². The number of phosphoric acid groups is 1. The van der Waals surface area contributed by atoms with Crippen LogP contribution in [0.3, 0.4) is 0 Å². The smallest absolute Gasteiger partial charge is 0.456 e. The normalized spacial score (nSPS) is 14.1. The van der Waals surface area contributed by atoms with Crippen LogP contribution in [0.25, 0.3) is 0 Å². The summed E-state index contributed by atoms with van der Waals surface area (Å²) in [6.07, 6.45) is 80.0. The van der Waals surface area contributed by atoms with Gasteiger partial charge in [-0.15, -0.1) is 0 Å². The van der Waals surface area contributed by atoms with Crippen LogP contribution in [0.1, 0.15) is 303 Å². The van der Waals surface area contributed by atoms with E-state index in [0.29, 0.717) is 17.4 Å². The molecule has 3 atom stereocenters. The number of esters is 1. The summed E-state index contributed by atoms with van der Waals surface area (Å²) in [7, 11) is 1.48. The minimum absolute atomic E-state index is 0.0343. The number of carbonyl (C=O) groups is 2. The highest BCUT2D eigenvalue weighted by atomic mass is 31.2. The van der Waals surface area contributed by atoms with E-state index in [2.05, 4.69) is 99.0 Å². The zero-order valence-corrected chi connectivity index (χ0v) is 54.7. The Morgan fingerprint density at radius 2 is 0.753 bits per heavy atom. The molecule has 0 rings (SSSR count). The molecule has 0 aliphatic carbocycles. The fourth-order valence-corrected chi connectivity index (χ4v) is 10.3. The predicted molar refractivity (Wildman–Crippen MR) is 351 cm³/mol. The molecule has 0 radical (unpaired) electrons. The number of hydrogen-bond acceptors (Lipinski definition) is 6. The fraction of sp³-hybridized carbons (Fsp3) is 0.775. The summed E-state index contributed by atoms with van der Waals surface area (Å²) in [6, 6.07) is -0.861. The second kappa shape index (κ2) is 60.3. The molecule has 0 bridgehead atoms. The highest BCUT2D eigenvalue weighted by Crippen LogP contribution is 2.43. The second-order valence-electron chi connectivity index (χ2n) is 24.0. The number of hydrogen-bond donors (Lipinski definition) is 2. The maximum atomic E-state index is 13.6. The van der Waals surface area contributed by atoms with Crippen LogP contribution >= 0.6 is 7.82 Å². The van der Waals surface area contributed by atoms with Gasteiger partial charge in [-0.25, -0.2) is 4.57 Å². The van der Waals surface area contributed by atoms with Crippen molar-refractivity contribution >= 4 is 19.7 Å². The van der Waals surface area contributed by atoms with E-state index in [4.69, 9.17) is 13.8 Å². The maximum Gasteiger partial charge on any atom is 0.472 e. The van der Waals surface area contributed by atoms with Crippen molar-refractivity contribution in [2.45, 2.75) is 315 Å². The summed E-state index contributed by atoms with van der Waals surface area (Å²) in [5, 5.41) is 3.06. The standard InChI is InChI=1S/C71H129N2O7P/c1-7-10-13-16-19-22-25-28-30-32-34-35-36-37-39-40-42-45-48-51-54-57-60-63-70(74)72-68(67-79-81(76,77)78-66-65-73(4,5)6)69(62-59-56-53-50-47-44-27-24-21-18-15-12-9-3)80-71(75)64-61-58-55-52-49-46-43-41-38-33-31-29-26-23-20-17-14-11-8-2/h19-20,22-23,28-31,34-35,37,39,59,62,68-69H,7-18,21,24-27,32-33,36,38,40-58,60-61,63-67H2,1-6H3,(H-,72,74,76,77)/p+1/b22-19-,23-20-,30-28-,31-29-,35-34-,39-37-,62-59-. The molecule has 2 N–H and O–H groups in total. The molecule has 0 aromatic rings. The fourth-order valence-electron chi connectivity index (χ4n) is 9.54. The summed E-state index contributed by atoms with van der Waals surface area (Å²) >= 11 is 0. The first kappa shape index (κ1) is 78.2. The quantitative estimate of drug-likeness (QED) is 0.0205. The average molecular weight is 1150 g/mol. The van der Waals surface area contributed by atoms with Gasteiger partial charge >= 0.3 is 13.8 Å². The lowest BCUT2D eigenvalue weighted by atomic mass is 10.0. The minimum Gasteiger partial charge on any atom is -0.456 e. The first-order valence-corrected chi connectivity index (χ1v) is 35.4. The van der Waals surface area contributed by atoms with Gasteiger partial charge in [0.15, 0.2) is 0 Å². The number of phosphoric ester groups is 1. The third-order valence-corrected chi connectivity index (χ3v) is 15.8. The Hall–Kier alpha value is -2.81. The van der Waals surface area contributed by atoms with Crippen LogP contribution in [0.4, 0.5) is 0 Å². The Balaban J connectivity index is 5.22. The van der Waals surface area contributed by atoms with E-state index in [0.717, 1.165) is 96.3 Å². The van der Waals surface area contributed by atoms with Gasteiger partial charge in [0, 0.05) is 12.8 Å². The van der Waals surface area contributed by atoms with E-state index >= 15 is 0 Å². The monoisotopic (exact) mass is 1150 g/mol. The molecule has 0 spiro atoms. The third-order valence-electron chi connectivity index (χ3n) is 14.8. The Morgan fingerprint density at radius 1 is 0.432 bits per heavy atom. The summed E-state index contributed by atoms with van der Waals surface area (Å²) in [5.74, 6) is -0.518. The van der Waals surface area contributed by atoms with Crippen LogP contribution in [0.15, 0.2) is 85.1 Å². The Kier molecular flexibility index (Phi) is 58.2. The van der Waals surface area contributed by atoms with Gasteiger partial charge in [-0.2, -0.15) is 0 Å². The average Bonchev–Trinajstić information content (AvgIpc) is 3.44. The number of rotatable bonds is 61. The van der Waals surface area contributed by atoms with Crippen molar-refractivity contribution < 1.29 is 37.3 Å². The number of carbonyl (C=O) groups excluding carboxylic acids is 2. The Labute approximate surface area is 501 Å². The van der Waals surface area contributed by atoms with E-state index in [1.165, 1.54) is 173 Å². The van der Waals surface area contributed by atoms with Crippen LogP contribution in [0.2, 0.25) is 0 Å². The number of quaternary nitrogens is 1. The van der Waals surface area contributed by atoms with Crippen molar-refractivity contribution in [2.24, 2.45) is 0 Å². The van der Waals surface area contributed by atoms with Crippen molar-refractivity contribution in [1.82, 2.24) is 5.32 Å². The van der Waals surface area contributed by atoms with Gasteiger partial charge in [-0.05, 0) is 109 Å². The number of unbranched alkanes of at least 4 members (excludes halogenated alkanes) is 33. The van der Waals surface area contributed by atoms with Gasteiger partial charge in [0.05, 0.1) is 33.8 Å². The lowest BCUT2D eigenvalue weighted by Crippen LogP contribution is -2.47. The van der Waals surface area contributed by atoms with Crippen LogP contribution < -0.4 is 5.32 Å². The molecule has 0 fully saturated rings. The van der Waals surface area contributed by atoms with Gasteiger partial charge < -0.3 is 19.4 Å². The van der Waals surface area contributed by atoms with Gasteiger partial charge in [0.2, 0.25) is 5.91 Å². The summed E-state index contributed by atoms with van der Waals surface area (Å²) in [4.78, 5) is 37.9. The number of nitrogens with one attached hydrogen (secondary N) is 1. The number of allylic oxidation sites excluding steroid dienone is 13. The SMILES string of the molecule is CCCCC/C=C\C/C=C\C/C=C\C/C=C\CCCCCCCCCC(=O)NC(COP(=O)(O)OCC[N+](C)(C)C)C(/C=C\CCCCCCCCCCCCC)OC(=O)CCCCCCCCCCC/C=C\C/C=C\CCCCC. The highest BCUT2D eigenvalue weighted by Gasteiger charge is 2.30. The molecule has 3 unspecified atom stereocenters. The second-order valence-corrected chi connectivity index (χ2v) is 25.4. The lowest BCUT2D eigenvalue weighted by Gasteiger charge is -2.27. The molecule has 9 nitrogen and oxygen atoms in total. The summed E-state index contributed by atoms with van der Waals surface area (Å²) in [5.41, 5.74) is 0. The third kappa shape index (κ3) is 61.6. The molecule has 0 aromatic carbocycles. The van der Waals surface area contributed by atoms with Crippen molar-refractivity contribution in [2.75, 3.05) is 40.9 Å². The molecule has 0 saturated heterocycles. The van der Waals surface area contributed by atoms with E-state index in [9.17, 15) is 19.0 Å². The van der Waals surface area contributed by atoms with Crippen molar-refractivity contribution in [3.63, 3.8) is 0 Å². The zero-order valence-electron chi connectivity index (χ0n) is 53.8. The number of nitrogens with zero attached hydrogens (tertiary/aromatic N) is 1. The first-order valence-electron chi connectivity index (χ1n) is 33.9. The zero-order chi connectivity index (χ0) is 59.3. The van der Waals surface area contributed by atoms with Crippen molar-refractivity contribution in [1.29, 1.82) is 0 Å². The molecular weight excluding hydrogens is 1020 g/mol. The number of likely N-dealkylation sites (N-methyl/N-ethyl adjacent to an activating group) is 1. The molecule has 0 aliphatic rings. The summed E-state index contributed by atoms with van der Waals surface area (Å²) < 4.78 is 30.8. The highest BCUT2D eigenvalue weighted by molar-refractivity contribution is 7.47. The topological polar surface area (TPSA) is 111 Å². The number of amides is 1. The molecule has 81 heavy (non-hydrogen) atoms. The van der Waals surface area contributed by atoms with Gasteiger partial charge in [0.1, 0.15) is 19.3 Å². The largest absolute Gasteiger partial charge is 0.472 e. The van der Waals surface area contributed by atoms with Crippen LogP contribution in [0, 0.1) is 0 Å². The minimum atomic E-state index is -4.46. The van der Waals surface area contributed by atoms with Gasteiger partial charge in [-0.3, -0.25) is 18.6 Å². The molecule has 470 valence electrons. The number of ether oxygens (including phenoxy) is 1. The molecule has 0 saturated carbocycles. The van der Waals surface area contributed by atoms with Gasteiger partial charge in [-0.1, -0.05) is 267 Å². The van der Waals surface area contributed by atoms with Crippen LogP contribution in [0.5, 0.6) is 0 Å². The van der Waals surface area contributed by atoms with E-state index in [1.807, 2.05) is 33.3 Å². The van der Waals surface area contributed by atoms with Crippen LogP contribution in [-0.2, 0) is 27.9 Å². The van der Waals surface area contributed by atoms with Crippen molar-refractivity contribution in [3.8, 4) is 0 Å². The van der Waals surface area contributed by atoms with E-state index in [1.54, 1.807) is 0 Å². The molecule has 1 amide bonds. The predicted octanol–water partition coefficient (Wildman–Crippen LogP) is 21.3. The maximum absolute atomic E-state index is 13.6. The van der Waals surface area contributed by atoms with Crippen LogP contribution in [-0.4, -0.2) is 74.3 Å². The first-order chi connectivity index (χ1) is 39.4. The van der Waals surface area contributed by atoms with E-state index < -0.39 is 20.0 Å². The Bertz CT molecular complexity index is 1660. The molecule has 0 heterocycles. The summed E-state index contributed by atoms with van der Waals surface area (Å²) in [6.45, 7) is 6.97. The molecule has 0 aromatic heterocycles. The Morgan fingerprint density at radius 3 is 1.15 bits per heavy atom. The molecule has 10 heteroatoms. The lowest BCUT2D eigenvalue weighted by molar-refractivity contribution is -0.870.